The fraction of sp³-hybridized carbons (Fsp3) is 0.400. The molecule has 1 heterocycles. The zero-order valence-corrected chi connectivity index (χ0v) is 11.1. The van der Waals surface area contributed by atoms with Gasteiger partial charge in [0.15, 0.2) is 0 Å². The van der Waals surface area contributed by atoms with Crippen molar-refractivity contribution in [3.8, 4) is 0 Å². The summed E-state index contributed by atoms with van der Waals surface area (Å²) >= 11 is 8.94. The van der Waals surface area contributed by atoms with Gasteiger partial charge >= 0.3 is 0 Å². The number of hydrogen-bond donors (Lipinski definition) is 1. The van der Waals surface area contributed by atoms with Crippen LogP contribution in [0, 0.1) is 0 Å². The Bertz CT molecular complexity index is 362. The van der Waals surface area contributed by atoms with Gasteiger partial charge in [0, 0.05) is 29.9 Å². The molecule has 1 aromatic rings. The molecule has 1 rings (SSSR count). The normalized spacial score (nSPS) is 12.2. The van der Waals surface area contributed by atoms with Gasteiger partial charge in [0.2, 0.25) is 0 Å². The van der Waals surface area contributed by atoms with Crippen LogP contribution in [0.25, 0.3) is 0 Å². The van der Waals surface area contributed by atoms with Crippen molar-refractivity contribution in [2.45, 2.75) is 6.04 Å². The number of rotatable bonds is 5. The molecule has 1 atom stereocenters. The molecule has 0 bridgehead atoms. The second kappa shape index (κ2) is 6.83. The van der Waals surface area contributed by atoms with Crippen LogP contribution >= 0.6 is 27.5 Å². The first-order valence-electron chi connectivity index (χ1n) is 4.63. The fourth-order valence-electron chi connectivity index (χ4n) is 1.13. The number of nitrogens with one attached hydrogen (secondary N) is 1. The van der Waals surface area contributed by atoms with Gasteiger partial charge in [-0.3, -0.25) is 9.78 Å². The Morgan fingerprint density at radius 3 is 3.00 bits per heavy atom. The van der Waals surface area contributed by atoms with Crippen molar-refractivity contribution >= 4 is 33.4 Å². The molecular weight excluding hydrogens is 295 g/mol. The highest BCUT2D eigenvalue weighted by Gasteiger charge is 2.13. The molecule has 16 heavy (non-hydrogen) atoms. The van der Waals surface area contributed by atoms with E-state index in [4.69, 9.17) is 16.3 Å². The monoisotopic (exact) mass is 306 g/mol. The SMILES string of the molecule is COCC(CCl)NC(=O)c1cncc(Br)c1. The number of pyridine rings is 1. The largest absolute Gasteiger partial charge is 0.383 e. The highest BCUT2D eigenvalue weighted by Crippen LogP contribution is 2.09. The van der Waals surface area contributed by atoms with Crippen molar-refractivity contribution in [3.05, 3.63) is 28.5 Å². The third-order valence-electron chi connectivity index (χ3n) is 1.86. The van der Waals surface area contributed by atoms with Gasteiger partial charge in [-0.15, -0.1) is 11.6 Å². The smallest absolute Gasteiger partial charge is 0.253 e. The number of ether oxygens (including phenoxy) is 1. The quantitative estimate of drug-likeness (QED) is 0.844. The van der Waals surface area contributed by atoms with Crippen LogP contribution in [0.15, 0.2) is 22.9 Å². The third-order valence-corrected chi connectivity index (χ3v) is 2.66. The molecule has 0 saturated heterocycles. The predicted octanol–water partition coefficient (Wildman–Crippen LogP) is 1.83. The summed E-state index contributed by atoms with van der Waals surface area (Å²) in [6, 6.07) is 1.50. The summed E-state index contributed by atoms with van der Waals surface area (Å²) in [6.45, 7) is 0.386. The molecule has 1 aromatic heterocycles. The summed E-state index contributed by atoms with van der Waals surface area (Å²) in [4.78, 5) is 15.7. The lowest BCUT2D eigenvalue weighted by molar-refractivity contribution is 0.0906. The molecule has 0 aliphatic carbocycles. The van der Waals surface area contributed by atoms with E-state index < -0.39 is 0 Å². The van der Waals surface area contributed by atoms with Gasteiger partial charge in [-0.05, 0) is 22.0 Å². The molecule has 0 radical (unpaired) electrons. The van der Waals surface area contributed by atoms with Crippen LogP contribution < -0.4 is 5.32 Å². The van der Waals surface area contributed by atoms with Crippen molar-refractivity contribution in [1.82, 2.24) is 10.3 Å². The van der Waals surface area contributed by atoms with Crippen molar-refractivity contribution in [2.24, 2.45) is 0 Å². The number of carbonyl (C=O) groups is 1. The first kappa shape index (κ1) is 13.4. The highest BCUT2D eigenvalue weighted by molar-refractivity contribution is 9.10. The Morgan fingerprint density at radius 1 is 1.69 bits per heavy atom. The average molecular weight is 308 g/mol. The zero-order valence-electron chi connectivity index (χ0n) is 8.74. The predicted molar refractivity (Wildman–Crippen MR) is 65.8 cm³/mol. The minimum atomic E-state index is -0.212. The Morgan fingerprint density at radius 2 is 2.44 bits per heavy atom. The van der Waals surface area contributed by atoms with Crippen LogP contribution in [-0.2, 0) is 4.74 Å². The zero-order chi connectivity index (χ0) is 12.0. The van der Waals surface area contributed by atoms with Gasteiger partial charge in [0.1, 0.15) is 0 Å². The van der Waals surface area contributed by atoms with E-state index in [1.165, 1.54) is 6.20 Å². The highest BCUT2D eigenvalue weighted by atomic mass is 79.9. The van der Waals surface area contributed by atoms with Crippen LogP contribution in [0.2, 0.25) is 0 Å². The number of aromatic nitrogens is 1. The van der Waals surface area contributed by atoms with Crippen LogP contribution in [0.3, 0.4) is 0 Å². The lowest BCUT2D eigenvalue weighted by Crippen LogP contribution is -2.39. The molecule has 1 unspecified atom stereocenters. The van der Waals surface area contributed by atoms with E-state index in [1.807, 2.05) is 0 Å². The first-order valence-corrected chi connectivity index (χ1v) is 5.96. The van der Waals surface area contributed by atoms with Crippen molar-refractivity contribution < 1.29 is 9.53 Å². The molecule has 0 aliphatic heterocycles. The second-order valence-electron chi connectivity index (χ2n) is 3.17. The molecule has 0 fully saturated rings. The van der Waals surface area contributed by atoms with Crippen LogP contribution in [0.1, 0.15) is 10.4 Å². The summed E-state index contributed by atoms with van der Waals surface area (Å²) in [5.74, 6) is 0.0950. The van der Waals surface area contributed by atoms with Gasteiger partial charge < -0.3 is 10.1 Å². The fourth-order valence-corrected chi connectivity index (χ4v) is 1.66. The number of amides is 1. The maximum Gasteiger partial charge on any atom is 0.253 e. The topological polar surface area (TPSA) is 51.2 Å². The van der Waals surface area contributed by atoms with Crippen molar-refractivity contribution in [1.29, 1.82) is 0 Å². The Kier molecular flexibility index (Phi) is 5.73. The van der Waals surface area contributed by atoms with Crippen LogP contribution in [0.4, 0.5) is 0 Å². The number of hydrogen-bond acceptors (Lipinski definition) is 3. The molecule has 88 valence electrons. The van der Waals surface area contributed by atoms with Crippen LogP contribution in [-0.4, -0.2) is 36.5 Å². The third kappa shape index (κ3) is 4.08. The number of carbonyl (C=O) groups excluding carboxylic acids is 1. The summed E-state index contributed by atoms with van der Waals surface area (Å²) < 4.78 is 5.69. The number of halogens is 2. The Hall–Kier alpha value is -0.650. The van der Waals surface area contributed by atoms with E-state index in [0.717, 1.165) is 4.47 Å². The molecule has 0 aliphatic rings. The molecule has 0 aromatic carbocycles. The maximum absolute atomic E-state index is 11.8. The first-order chi connectivity index (χ1) is 7.67. The molecule has 6 heteroatoms. The molecule has 1 N–H and O–H groups in total. The number of nitrogens with zero attached hydrogens (tertiary/aromatic N) is 1. The van der Waals surface area contributed by atoms with E-state index in [1.54, 1.807) is 19.4 Å². The Labute approximate surface area is 107 Å². The summed E-state index contributed by atoms with van der Waals surface area (Å²) in [5.41, 5.74) is 0.487. The summed E-state index contributed by atoms with van der Waals surface area (Å²) in [6.07, 6.45) is 3.11. The van der Waals surface area contributed by atoms with Gasteiger partial charge in [-0.25, -0.2) is 0 Å². The van der Waals surface area contributed by atoms with E-state index >= 15 is 0 Å². The molecule has 0 saturated carbocycles. The van der Waals surface area contributed by atoms with Crippen molar-refractivity contribution in [2.75, 3.05) is 19.6 Å². The minimum Gasteiger partial charge on any atom is -0.383 e. The lowest BCUT2D eigenvalue weighted by Gasteiger charge is -2.14. The second-order valence-corrected chi connectivity index (χ2v) is 4.40. The molecule has 0 spiro atoms. The van der Waals surface area contributed by atoms with Crippen molar-refractivity contribution in [3.63, 3.8) is 0 Å². The van der Waals surface area contributed by atoms with E-state index in [2.05, 4.69) is 26.2 Å². The lowest BCUT2D eigenvalue weighted by atomic mass is 10.2. The number of methoxy groups -OCH3 is 1. The van der Waals surface area contributed by atoms with E-state index in [-0.39, 0.29) is 11.9 Å². The minimum absolute atomic E-state index is 0.196. The van der Waals surface area contributed by atoms with E-state index in [0.29, 0.717) is 18.1 Å². The van der Waals surface area contributed by atoms with Gasteiger partial charge in [0.25, 0.3) is 5.91 Å². The number of alkyl halides is 1. The molecule has 1 amide bonds. The van der Waals surface area contributed by atoms with Crippen LogP contribution in [0.5, 0.6) is 0 Å². The summed E-state index contributed by atoms with van der Waals surface area (Å²) in [5, 5.41) is 2.75. The maximum atomic E-state index is 11.8. The molecule has 4 nitrogen and oxygen atoms in total. The van der Waals surface area contributed by atoms with E-state index in [9.17, 15) is 4.79 Å². The van der Waals surface area contributed by atoms with Gasteiger partial charge in [-0.2, -0.15) is 0 Å². The van der Waals surface area contributed by atoms with Gasteiger partial charge in [0.05, 0.1) is 18.2 Å². The molecular formula is C10H12BrClN2O2. The standard InChI is InChI=1S/C10H12BrClN2O2/c1-16-6-9(3-12)14-10(15)7-2-8(11)5-13-4-7/h2,4-5,9H,3,6H2,1H3,(H,14,15). The summed E-state index contributed by atoms with van der Waals surface area (Å²) in [7, 11) is 1.56. The van der Waals surface area contributed by atoms with Gasteiger partial charge in [-0.1, -0.05) is 0 Å². The average Bonchev–Trinajstić information content (AvgIpc) is 2.28. The Balaban J connectivity index is 2.64.